The second kappa shape index (κ2) is 5.27. The van der Waals surface area contributed by atoms with E-state index >= 15 is 0 Å². The Labute approximate surface area is 131 Å². The van der Waals surface area contributed by atoms with Gasteiger partial charge in [0.1, 0.15) is 22.2 Å². The maximum Gasteiger partial charge on any atom is 0.433 e. The number of hydrogen-bond acceptors (Lipinski definition) is 4. The Hall–Kier alpha value is -2.55. The van der Waals surface area contributed by atoms with Crippen molar-refractivity contribution in [3.8, 4) is 0 Å². The highest BCUT2D eigenvalue weighted by Crippen LogP contribution is 2.31. The minimum atomic E-state index is -4.66. The average Bonchev–Trinajstić information content (AvgIpc) is 2.78. The lowest BCUT2D eigenvalue weighted by atomic mass is 10.2. The van der Waals surface area contributed by atoms with Gasteiger partial charge in [0.25, 0.3) is 0 Å². The molecule has 10 heteroatoms. The van der Waals surface area contributed by atoms with Gasteiger partial charge in [-0.3, -0.25) is 4.57 Å². The molecule has 3 N–H and O–H groups in total. The Bertz CT molecular complexity index is 930. The van der Waals surface area contributed by atoms with E-state index in [-0.39, 0.29) is 28.5 Å². The molecule has 0 saturated heterocycles. The smallest absolute Gasteiger partial charge is 0.382 e. The van der Waals surface area contributed by atoms with E-state index in [1.807, 2.05) is 0 Å². The van der Waals surface area contributed by atoms with Crippen molar-refractivity contribution < 1.29 is 13.2 Å². The number of aromatic nitrogens is 4. The van der Waals surface area contributed by atoms with Crippen LogP contribution in [0.1, 0.15) is 11.3 Å². The van der Waals surface area contributed by atoms with E-state index in [2.05, 4.69) is 15.0 Å². The maximum atomic E-state index is 12.9. The molecular formula is C13H9ClF3N5O. The standard InChI is InChI=1S/C13H9ClF3N5O/c14-9-2-1-6(4-19-9)5-22-7-3-8(13(15,16)17)20-11(18)10(7)21-12(22)23/h1-4H,5H2,(H2,18,20)(H,21,23). The zero-order chi connectivity index (χ0) is 16.8. The summed E-state index contributed by atoms with van der Waals surface area (Å²) in [5.41, 5.74) is 4.44. The Morgan fingerprint density at radius 2 is 2.09 bits per heavy atom. The fraction of sp³-hybridized carbons (Fsp3) is 0.154. The number of H-pyrrole nitrogens is 1. The molecule has 6 nitrogen and oxygen atoms in total. The number of anilines is 1. The normalized spacial score (nSPS) is 12.0. The van der Waals surface area contributed by atoms with Crippen molar-refractivity contribution in [3.63, 3.8) is 0 Å². The summed E-state index contributed by atoms with van der Waals surface area (Å²) in [5, 5.41) is 0.271. The van der Waals surface area contributed by atoms with E-state index in [1.54, 1.807) is 6.07 Å². The summed E-state index contributed by atoms with van der Waals surface area (Å²) >= 11 is 5.68. The molecule has 0 atom stereocenters. The number of nitrogens with zero attached hydrogens (tertiary/aromatic N) is 3. The molecule has 0 unspecified atom stereocenters. The summed E-state index contributed by atoms with van der Waals surface area (Å²) in [6.45, 7) is 0.0176. The molecule has 0 aliphatic carbocycles. The average molecular weight is 344 g/mol. The Kier molecular flexibility index (Phi) is 3.52. The lowest BCUT2D eigenvalue weighted by molar-refractivity contribution is -0.141. The first kappa shape index (κ1) is 15.3. The number of nitrogen functional groups attached to an aromatic ring is 1. The predicted molar refractivity (Wildman–Crippen MR) is 78.1 cm³/mol. The highest BCUT2D eigenvalue weighted by molar-refractivity contribution is 6.29. The van der Waals surface area contributed by atoms with Crippen LogP contribution in [0.2, 0.25) is 5.15 Å². The predicted octanol–water partition coefficient (Wildman–Crippen LogP) is 2.42. The van der Waals surface area contributed by atoms with E-state index in [4.69, 9.17) is 17.3 Å². The molecule has 23 heavy (non-hydrogen) atoms. The number of fused-ring (bicyclic) bond motifs is 1. The Morgan fingerprint density at radius 1 is 1.35 bits per heavy atom. The third-order valence-electron chi connectivity index (χ3n) is 3.21. The number of aromatic amines is 1. The summed E-state index contributed by atoms with van der Waals surface area (Å²) < 4.78 is 39.7. The van der Waals surface area contributed by atoms with Gasteiger partial charge >= 0.3 is 11.9 Å². The van der Waals surface area contributed by atoms with Crippen LogP contribution in [-0.4, -0.2) is 19.5 Å². The van der Waals surface area contributed by atoms with E-state index in [0.29, 0.717) is 5.56 Å². The summed E-state index contributed by atoms with van der Waals surface area (Å²) in [5.74, 6) is -0.389. The Morgan fingerprint density at radius 3 is 2.70 bits per heavy atom. The molecule has 0 aliphatic heterocycles. The highest BCUT2D eigenvalue weighted by Gasteiger charge is 2.34. The van der Waals surface area contributed by atoms with Gasteiger partial charge in [-0.05, 0) is 17.7 Å². The fourth-order valence-corrected chi connectivity index (χ4v) is 2.27. The lowest BCUT2D eigenvalue weighted by Gasteiger charge is -2.08. The topological polar surface area (TPSA) is 89.6 Å². The molecular weight excluding hydrogens is 335 g/mol. The largest absolute Gasteiger partial charge is 0.433 e. The van der Waals surface area contributed by atoms with Gasteiger partial charge in [-0.2, -0.15) is 13.2 Å². The van der Waals surface area contributed by atoms with Crippen LogP contribution < -0.4 is 11.4 Å². The summed E-state index contributed by atoms with van der Waals surface area (Å²) in [7, 11) is 0. The van der Waals surface area contributed by atoms with Crippen LogP contribution in [0.3, 0.4) is 0 Å². The van der Waals surface area contributed by atoms with E-state index in [0.717, 1.165) is 10.6 Å². The van der Waals surface area contributed by atoms with E-state index in [9.17, 15) is 18.0 Å². The fourth-order valence-electron chi connectivity index (χ4n) is 2.16. The molecule has 0 bridgehead atoms. The molecule has 0 amide bonds. The number of alkyl halides is 3. The third kappa shape index (κ3) is 2.87. The van der Waals surface area contributed by atoms with Crippen molar-refractivity contribution in [1.82, 2.24) is 19.5 Å². The van der Waals surface area contributed by atoms with E-state index in [1.165, 1.54) is 12.3 Å². The molecule has 0 saturated carbocycles. The van der Waals surface area contributed by atoms with Gasteiger partial charge in [0.2, 0.25) is 0 Å². The molecule has 0 aliphatic rings. The molecule has 0 fully saturated rings. The molecule has 3 aromatic rings. The summed E-state index contributed by atoms with van der Waals surface area (Å²) in [6.07, 6.45) is -3.23. The lowest BCUT2D eigenvalue weighted by Crippen LogP contribution is -2.17. The summed E-state index contributed by atoms with van der Waals surface area (Å²) in [6, 6.07) is 3.93. The zero-order valence-corrected chi connectivity index (χ0v) is 12.1. The number of nitrogens with one attached hydrogen (secondary N) is 1. The SMILES string of the molecule is Nc1nc(C(F)(F)F)cc2c1[nH]c(=O)n2Cc1ccc(Cl)nc1. The van der Waals surface area contributed by atoms with E-state index < -0.39 is 17.6 Å². The van der Waals surface area contributed by atoms with Gasteiger partial charge in [0.05, 0.1) is 12.1 Å². The molecule has 3 aromatic heterocycles. The van der Waals surface area contributed by atoms with Gasteiger partial charge in [-0.1, -0.05) is 17.7 Å². The maximum absolute atomic E-state index is 12.9. The van der Waals surface area contributed by atoms with Crippen molar-refractivity contribution in [2.24, 2.45) is 0 Å². The minimum absolute atomic E-state index is 0.0176. The van der Waals surface area contributed by atoms with Gasteiger partial charge in [-0.15, -0.1) is 0 Å². The first-order valence-corrected chi connectivity index (χ1v) is 6.70. The quantitative estimate of drug-likeness (QED) is 0.699. The monoisotopic (exact) mass is 343 g/mol. The van der Waals surface area contributed by atoms with Gasteiger partial charge in [0.15, 0.2) is 0 Å². The van der Waals surface area contributed by atoms with Crippen LogP contribution in [0.15, 0.2) is 29.2 Å². The van der Waals surface area contributed by atoms with Gasteiger partial charge < -0.3 is 10.7 Å². The van der Waals surface area contributed by atoms with Crippen LogP contribution in [0, 0.1) is 0 Å². The highest BCUT2D eigenvalue weighted by atomic mass is 35.5. The molecule has 120 valence electrons. The number of rotatable bonds is 2. The van der Waals surface area contributed by atoms with Crippen LogP contribution >= 0.6 is 11.6 Å². The molecule has 3 rings (SSSR count). The van der Waals surface area contributed by atoms with Crippen molar-refractivity contribution in [2.45, 2.75) is 12.7 Å². The zero-order valence-electron chi connectivity index (χ0n) is 11.4. The first-order valence-electron chi connectivity index (χ1n) is 6.32. The van der Waals surface area contributed by atoms with Gasteiger partial charge in [0, 0.05) is 6.20 Å². The number of pyridine rings is 2. The summed E-state index contributed by atoms with van der Waals surface area (Å²) in [4.78, 5) is 21.6. The molecule has 0 radical (unpaired) electrons. The van der Waals surface area contributed by atoms with Gasteiger partial charge in [-0.25, -0.2) is 14.8 Å². The number of halogens is 4. The van der Waals surface area contributed by atoms with Crippen LogP contribution in [0.4, 0.5) is 19.0 Å². The second-order valence-electron chi connectivity index (χ2n) is 4.79. The van der Waals surface area contributed by atoms with Crippen molar-refractivity contribution in [2.75, 3.05) is 5.73 Å². The van der Waals surface area contributed by atoms with Crippen LogP contribution in [0.25, 0.3) is 11.0 Å². The van der Waals surface area contributed by atoms with Crippen LogP contribution in [0.5, 0.6) is 0 Å². The Balaban J connectivity index is 2.16. The van der Waals surface area contributed by atoms with Crippen molar-refractivity contribution in [3.05, 3.63) is 51.3 Å². The second-order valence-corrected chi connectivity index (χ2v) is 5.18. The molecule has 0 spiro atoms. The molecule has 3 heterocycles. The van der Waals surface area contributed by atoms with Crippen molar-refractivity contribution in [1.29, 1.82) is 0 Å². The first-order chi connectivity index (χ1) is 10.8. The molecule has 0 aromatic carbocycles. The minimum Gasteiger partial charge on any atom is -0.382 e. The number of hydrogen-bond donors (Lipinski definition) is 2. The van der Waals surface area contributed by atoms with Crippen LogP contribution in [-0.2, 0) is 12.7 Å². The number of nitrogens with two attached hydrogens (primary N) is 1. The van der Waals surface area contributed by atoms with Crippen molar-refractivity contribution >= 4 is 28.5 Å². The third-order valence-corrected chi connectivity index (χ3v) is 3.44. The number of imidazole rings is 1.